The highest BCUT2D eigenvalue weighted by Gasteiger charge is 2.34. The number of benzene rings is 1. The second-order valence-electron chi connectivity index (χ2n) is 5.33. The van der Waals surface area contributed by atoms with Crippen molar-refractivity contribution in [2.45, 2.75) is 26.4 Å². The van der Waals surface area contributed by atoms with E-state index < -0.39 is 0 Å². The minimum atomic E-state index is -0.344. The number of nitriles is 1. The largest absolute Gasteiger partial charge is 0.391 e. The summed E-state index contributed by atoms with van der Waals surface area (Å²) < 4.78 is 0. The summed E-state index contributed by atoms with van der Waals surface area (Å²) in [6, 6.07) is 9.77. The molecule has 0 bridgehead atoms. The maximum Gasteiger partial charge on any atom is 0.101 e. The average molecular weight is 230 g/mol. The highest BCUT2D eigenvalue weighted by atomic mass is 16.3. The van der Waals surface area contributed by atoms with Crippen molar-refractivity contribution in [2.24, 2.45) is 5.41 Å². The Bertz CT molecular complexity index is 448. The Labute approximate surface area is 102 Å². The molecule has 17 heavy (non-hydrogen) atoms. The third-order valence-electron chi connectivity index (χ3n) is 3.69. The quantitative estimate of drug-likeness (QED) is 0.804. The predicted octanol–water partition coefficient (Wildman–Crippen LogP) is 2.16. The number of nitrogens with zero attached hydrogens (tertiary/aromatic N) is 2. The summed E-state index contributed by atoms with van der Waals surface area (Å²) in [6.45, 7) is 5.67. The van der Waals surface area contributed by atoms with Crippen LogP contribution >= 0.6 is 0 Å². The first-order valence-corrected chi connectivity index (χ1v) is 5.97. The van der Waals surface area contributed by atoms with Gasteiger partial charge >= 0.3 is 0 Å². The first kappa shape index (κ1) is 11.9. The van der Waals surface area contributed by atoms with Crippen molar-refractivity contribution in [2.75, 3.05) is 18.0 Å². The number of hydrogen-bond donors (Lipinski definition) is 1. The molecule has 1 fully saturated rings. The van der Waals surface area contributed by atoms with Crippen LogP contribution < -0.4 is 4.90 Å². The van der Waals surface area contributed by atoms with Crippen LogP contribution in [0.3, 0.4) is 0 Å². The Balaban J connectivity index is 2.23. The van der Waals surface area contributed by atoms with Gasteiger partial charge in [0.2, 0.25) is 0 Å². The van der Waals surface area contributed by atoms with E-state index in [4.69, 9.17) is 5.26 Å². The molecule has 0 radical (unpaired) electrons. The van der Waals surface area contributed by atoms with E-state index in [-0.39, 0.29) is 11.5 Å². The molecule has 2 rings (SSSR count). The van der Waals surface area contributed by atoms with Gasteiger partial charge in [0.15, 0.2) is 0 Å². The third-order valence-corrected chi connectivity index (χ3v) is 3.69. The van der Waals surface area contributed by atoms with Crippen molar-refractivity contribution in [1.82, 2.24) is 0 Å². The molecule has 1 N–H and O–H groups in total. The summed E-state index contributed by atoms with van der Waals surface area (Å²) >= 11 is 0. The third kappa shape index (κ3) is 2.27. The number of aliphatic hydroxyl groups is 1. The second kappa shape index (κ2) is 4.38. The monoisotopic (exact) mass is 230 g/mol. The van der Waals surface area contributed by atoms with E-state index in [0.717, 1.165) is 18.7 Å². The van der Waals surface area contributed by atoms with Crippen LogP contribution in [0.15, 0.2) is 24.3 Å². The molecule has 3 nitrogen and oxygen atoms in total. The SMILES string of the molecule is CC1(C)CCN(c2ccccc2C#N)CC1O. The van der Waals surface area contributed by atoms with Crippen molar-refractivity contribution in [3.8, 4) is 6.07 Å². The van der Waals surface area contributed by atoms with Crippen LogP contribution in [0.5, 0.6) is 0 Å². The second-order valence-corrected chi connectivity index (χ2v) is 5.33. The van der Waals surface area contributed by atoms with Gasteiger partial charge in [-0.15, -0.1) is 0 Å². The standard InChI is InChI=1S/C14H18N2O/c1-14(2)7-8-16(10-13(14)17)12-6-4-3-5-11(12)9-15/h3-6,13,17H,7-8,10H2,1-2H3. The van der Waals surface area contributed by atoms with Crippen molar-refractivity contribution >= 4 is 5.69 Å². The van der Waals surface area contributed by atoms with Gasteiger partial charge in [0.25, 0.3) is 0 Å². The Kier molecular flexibility index (Phi) is 3.08. The minimum Gasteiger partial charge on any atom is -0.391 e. The molecule has 3 heteroatoms. The van der Waals surface area contributed by atoms with E-state index >= 15 is 0 Å². The van der Waals surface area contributed by atoms with Gasteiger partial charge in [0, 0.05) is 13.1 Å². The summed E-state index contributed by atoms with van der Waals surface area (Å²) in [5.41, 5.74) is 1.59. The van der Waals surface area contributed by atoms with E-state index in [1.54, 1.807) is 0 Å². The van der Waals surface area contributed by atoms with Crippen LogP contribution in [-0.4, -0.2) is 24.3 Å². The highest BCUT2D eigenvalue weighted by Crippen LogP contribution is 2.33. The molecule has 1 aliphatic rings. The molecule has 1 unspecified atom stereocenters. The van der Waals surface area contributed by atoms with Gasteiger partial charge in [-0.3, -0.25) is 0 Å². The molecule has 1 saturated heterocycles. The molecule has 0 saturated carbocycles. The number of aliphatic hydroxyl groups excluding tert-OH is 1. The van der Waals surface area contributed by atoms with Crippen LogP contribution in [0.25, 0.3) is 0 Å². The van der Waals surface area contributed by atoms with Crippen LogP contribution in [0.4, 0.5) is 5.69 Å². The number of β-amino-alcohol motifs (C(OH)–C–C–N with tert-alkyl or cyclic N) is 1. The minimum absolute atomic E-state index is 0.0297. The molecule has 90 valence electrons. The van der Waals surface area contributed by atoms with E-state index in [1.807, 2.05) is 24.3 Å². The zero-order valence-electron chi connectivity index (χ0n) is 10.3. The maximum absolute atomic E-state index is 10.1. The fraction of sp³-hybridized carbons (Fsp3) is 0.500. The van der Waals surface area contributed by atoms with Crippen molar-refractivity contribution in [3.63, 3.8) is 0 Å². The first-order valence-electron chi connectivity index (χ1n) is 5.97. The first-order chi connectivity index (χ1) is 8.04. The number of anilines is 1. The van der Waals surface area contributed by atoms with Crippen molar-refractivity contribution in [1.29, 1.82) is 5.26 Å². The Morgan fingerprint density at radius 3 is 2.76 bits per heavy atom. The Hall–Kier alpha value is -1.53. The van der Waals surface area contributed by atoms with E-state index in [1.165, 1.54) is 0 Å². The van der Waals surface area contributed by atoms with Crippen molar-refractivity contribution in [3.05, 3.63) is 29.8 Å². The summed E-state index contributed by atoms with van der Waals surface area (Å²) in [6.07, 6.45) is 0.594. The molecule has 0 amide bonds. The molecule has 1 aromatic carbocycles. The average Bonchev–Trinajstić information content (AvgIpc) is 2.33. The van der Waals surface area contributed by atoms with Crippen LogP contribution in [-0.2, 0) is 0 Å². The Morgan fingerprint density at radius 1 is 1.41 bits per heavy atom. The fourth-order valence-corrected chi connectivity index (χ4v) is 2.20. The van der Waals surface area contributed by atoms with Gasteiger partial charge < -0.3 is 10.0 Å². The molecule has 1 aliphatic heterocycles. The number of rotatable bonds is 1. The maximum atomic E-state index is 10.1. The summed E-state index contributed by atoms with van der Waals surface area (Å²) in [5.74, 6) is 0. The Morgan fingerprint density at radius 2 is 2.12 bits per heavy atom. The number of para-hydroxylation sites is 1. The van der Waals surface area contributed by atoms with Gasteiger partial charge in [-0.05, 0) is 24.0 Å². The lowest BCUT2D eigenvalue weighted by atomic mass is 9.80. The van der Waals surface area contributed by atoms with Gasteiger partial charge in [-0.1, -0.05) is 26.0 Å². The van der Waals surface area contributed by atoms with Crippen LogP contribution in [0, 0.1) is 16.7 Å². The number of hydrogen-bond acceptors (Lipinski definition) is 3. The lowest BCUT2D eigenvalue weighted by molar-refractivity contribution is 0.0351. The van der Waals surface area contributed by atoms with Gasteiger partial charge in [0.1, 0.15) is 6.07 Å². The lowest BCUT2D eigenvalue weighted by Gasteiger charge is -2.42. The normalized spacial score (nSPS) is 23.2. The summed E-state index contributed by atoms with van der Waals surface area (Å²) in [5, 5.41) is 19.2. The molecule has 1 aromatic rings. The molecule has 0 aliphatic carbocycles. The number of piperidine rings is 1. The molecular formula is C14H18N2O. The molecule has 0 aromatic heterocycles. The fourth-order valence-electron chi connectivity index (χ4n) is 2.20. The zero-order chi connectivity index (χ0) is 12.5. The van der Waals surface area contributed by atoms with E-state index in [2.05, 4.69) is 24.8 Å². The van der Waals surface area contributed by atoms with Crippen LogP contribution in [0.1, 0.15) is 25.8 Å². The van der Waals surface area contributed by atoms with Gasteiger partial charge in [0.05, 0.1) is 17.4 Å². The lowest BCUT2D eigenvalue weighted by Crippen LogP contribution is -2.48. The zero-order valence-corrected chi connectivity index (χ0v) is 10.3. The smallest absolute Gasteiger partial charge is 0.101 e. The van der Waals surface area contributed by atoms with Gasteiger partial charge in [-0.2, -0.15) is 5.26 Å². The van der Waals surface area contributed by atoms with Crippen molar-refractivity contribution < 1.29 is 5.11 Å². The predicted molar refractivity (Wildman–Crippen MR) is 67.8 cm³/mol. The van der Waals surface area contributed by atoms with E-state index in [9.17, 15) is 5.11 Å². The van der Waals surface area contributed by atoms with Gasteiger partial charge in [-0.25, -0.2) is 0 Å². The van der Waals surface area contributed by atoms with Crippen LogP contribution in [0.2, 0.25) is 0 Å². The molecular weight excluding hydrogens is 212 g/mol. The topological polar surface area (TPSA) is 47.3 Å². The highest BCUT2D eigenvalue weighted by molar-refractivity contribution is 5.59. The molecule has 1 atom stereocenters. The molecule has 1 heterocycles. The molecule has 0 spiro atoms. The van der Waals surface area contributed by atoms with E-state index in [0.29, 0.717) is 12.1 Å². The summed E-state index contributed by atoms with van der Waals surface area (Å²) in [7, 11) is 0. The summed E-state index contributed by atoms with van der Waals surface area (Å²) in [4.78, 5) is 2.11.